The quantitative estimate of drug-likeness (QED) is 0.240. The number of hydrogen-bond donors (Lipinski definition) is 0. The van der Waals surface area contributed by atoms with Gasteiger partial charge in [-0.1, -0.05) is 42.5 Å². The van der Waals surface area contributed by atoms with Crippen LogP contribution >= 0.6 is 15.9 Å². The summed E-state index contributed by atoms with van der Waals surface area (Å²) in [6.45, 7) is 1.97. The average molecular weight is 536 g/mol. The molecular formula is C26H22BrN3O5. The number of aromatic nitrogens is 2. The molecule has 3 aromatic carbocycles. The Morgan fingerprint density at radius 3 is 2.51 bits per heavy atom. The maximum Gasteiger partial charge on any atom is 0.343 e. The zero-order valence-corrected chi connectivity index (χ0v) is 20.7. The maximum absolute atomic E-state index is 13.3. The number of benzene rings is 3. The van der Waals surface area contributed by atoms with Gasteiger partial charge < -0.3 is 14.2 Å². The van der Waals surface area contributed by atoms with Crippen molar-refractivity contribution in [2.75, 3.05) is 20.3 Å². The number of nitrogens with zero attached hydrogens (tertiary/aromatic N) is 3. The van der Waals surface area contributed by atoms with E-state index in [1.165, 1.54) is 11.8 Å². The first-order valence-corrected chi connectivity index (χ1v) is 11.6. The van der Waals surface area contributed by atoms with Crippen molar-refractivity contribution in [2.24, 2.45) is 5.10 Å². The van der Waals surface area contributed by atoms with Crippen LogP contribution in [-0.4, -0.2) is 42.2 Å². The van der Waals surface area contributed by atoms with E-state index in [-0.39, 0.29) is 12.2 Å². The molecule has 35 heavy (non-hydrogen) atoms. The van der Waals surface area contributed by atoms with Gasteiger partial charge in [-0.2, -0.15) is 9.78 Å². The molecule has 0 atom stereocenters. The van der Waals surface area contributed by atoms with Gasteiger partial charge in [-0.3, -0.25) is 4.79 Å². The van der Waals surface area contributed by atoms with Crippen molar-refractivity contribution in [3.8, 4) is 22.9 Å². The second-order valence-electron chi connectivity index (χ2n) is 7.30. The fraction of sp³-hybridized carbons (Fsp3) is 0.154. The number of halogens is 1. The second kappa shape index (κ2) is 11.0. The van der Waals surface area contributed by atoms with Crippen LogP contribution in [0, 0.1) is 0 Å². The third kappa shape index (κ3) is 5.41. The minimum absolute atomic E-state index is 0.255. The van der Waals surface area contributed by atoms with Crippen molar-refractivity contribution in [1.29, 1.82) is 0 Å². The molecule has 0 radical (unpaired) electrons. The van der Waals surface area contributed by atoms with Gasteiger partial charge in [0.1, 0.15) is 0 Å². The first kappa shape index (κ1) is 24.2. The molecule has 0 bridgehead atoms. The molecule has 0 saturated carbocycles. The minimum atomic E-state index is -0.508. The molecule has 0 fully saturated rings. The smallest absolute Gasteiger partial charge is 0.343 e. The van der Waals surface area contributed by atoms with Gasteiger partial charge in [-0.15, -0.1) is 0 Å². The van der Waals surface area contributed by atoms with E-state index in [2.05, 4.69) is 25.8 Å². The van der Waals surface area contributed by atoms with Gasteiger partial charge in [-0.05, 0) is 47.1 Å². The molecule has 178 valence electrons. The first-order valence-electron chi connectivity index (χ1n) is 10.8. The standard InChI is InChI=1S/C26H22BrN3O5/c1-3-34-22-13-18(20(27)14-23(22)35-16-24(31)33-2)15-28-30-25(17-9-5-4-6-10-17)29-21-12-8-7-11-19(21)26(30)32/h4-15H,3,16H2,1-2H3. The van der Waals surface area contributed by atoms with Crippen molar-refractivity contribution in [3.05, 3.63) is 87.1 Å². The lowest BCUT2D eigenvalue weighted by atomic mass is 10.2. The van der Waals surface area contributed by atoms with Crippen molar-refractivity contribution >= 4 is 39.0 Å². The van der Waals surface area contributed by atoms with Gasteiger partial charge in [0.2, 0.25) is 0 Å². The molecule has 0 aliphatic carbocycles. The summed E-state index contributed by atoms with van der Waals surface area (Å²) in [6.07, 6.45) is 1.54. The van der Waals surface area contributed by atoms with Gasteiger partial charge in [0, 0.05) is 15.6 Å². The molecular weight excluding hydrogens is 514 g/mol. The Bertz CT molecular complexity index is 1450. The Labute approximate surface area is 209 Å². The summed E-state index contributed by atoms with van der Waals surface area (Å²) in [4.78, 5) is 29.5. The number of methoxy groups -OCH3 is 1. The Balaban J connectivity index is 1.79. The van der Waals surface area contributed by atoms with Gasteiger partial charge in [0.05, 0.1) is 30.8 Å². The van der Waals surface area contributed by atoms with Crippen molar-refractivity contribution < 1.29 is 19.0 Å². The summed E-state index contributed by atoms with van der Waals surface area (Å²) in [6, 6.07) is 19.9. The highest BCUT2D eigenvalue weighted by Crippen LogP contribution is 2.33. The number of para-hydroxylation sites is 1. The van der Waals surface area contributed by atoms with Crippen molar-refractivity contribution in [3.63, 3.8) is 0 Å². The Morgan fingerprint density at radius 2 is 1.77 bits per heavy atom. The van der Waals surface area contributed by atoms with E-state index in [9.17, 15) is 9.59 Å². The van der Waals surface area contributed by atoms with E-state index in [0.29, 0.717) is 44.9 Å². The number of esters is 1. The average Bonchev–Trinajstić information content (AvgIpc) is 2.89. The van der Waals surface area contributed by atoms with Crippen LogP contribution < -0.4 is 15.0 Å². The lowest BCUT2D eigenvalue weighted by molar-refractivity contribution is -0.142. The molecule has 0 saturated heterocycles. The van der Waals surface area contributed by atoms with Crippen LogP contribution in [0.1, 0.15) is 12.5 Å². The molecule has 8 nitrogen and oxygen atoms in total. The lowest BCUT2D eigenvalue weighted by Crippen LogP contribution is -2.20. The highest BCUT2D eigenvalue weighted by Gasteiger charge is 2.14. The highest BCUT2D eigenvalue weighted by atomic mass is 79.9. The monoisotopic (exact) mass is 535 g/mol. The maximum atomic E-state index is 13.3. The largest absolute Gasteiger partial charge is 0.490 e. The van der Waals surface area contributed by atoms with E-state index >= 15 is 0 Å². The van der Waals surface area contributed by atoms with Gasteiger partial charge in [0.15, 0.2) is 23.9 Å². The summed E-state index contributed by atoms with van der Waals surface area (Å²) in [5, 5.41) is 4.96. The molecule has 0 aliphatic heterocycles. The van der Waals surface area contributed by atoms with E-state index in [1.807, 2.05) is 43.3 Å². The van der Waals surface area contributed by atoms with Crippen LogP contribution in [0.25, 0.3) is 22.3 Å². The molecule has 9 heteroatoms. The molecule has 0 N–H and O–H groups in total. The summed E-state index contributed by atoms with van der Waals surface area (Å²) >= 11 is 3.51. The van der Waals surface area contributed by atoms with Crippen molar-refractivity contribution in [2.45, 2.75) is 6.92 Å². The van der Waals surface area contributed by atoms with Crippen LogP contribution in [-0.2, 0) is 9.53 Å². The summed E-state index contributed by atoms with van der Waals surface area (Å²) in [7, 11) is 1.29. The SMILES string of the molecule is CCOc1cc(C=Nn2c(-c3ccccc3)nc3ccccc3c2=O)c(Br)cc1OCC(=O)OC. The number of ether oxygens (including phenoxy) is 3. The van der Waals surface area contributed by atoms with E-state index in [0.717, 1.165) is 5.56 Å². The van der Waals surface area contributed by atoms with Crippen molar-refractivity contribution in [1.82, 2.24) is 9.66 Å². The zero-order valence-electron chi connectivity index (χ0n) is 19.1. The van der Waals surface area contributed by atoms with Crippen LogP contribution in [0.2, 0.25) is 0 Å². The molecule has 4 aromatic rings. The Kier molecular flexibility index (Phi) is 7.57. The summed E-state index contributed by atoms with van der Waals surface area (Å²) in [5.74, 6) is 0.708. The predicted octanol–water partition coefficient (Wildman–Crippen LogP) is 4.66. The molecule has 1 aromatic heterocycles. The van der Waals surface area contributed by atoms with E-state index in [4.69, 9.17) is 14.5 Å². The zero-order chi connectivity index (χ0) is 24.8. The predicted molar refractivity (Wildman–Crippen MR) is 137 cm³/mol. The second-order valence-corrected chi connectivity index (χ2v) is 8.15. The van der Waals surface area contributed by atoms with Crippen LogP contribution in [0.4, 0.5) is 0 Å². The molecule has 0 amide bonds. The normalized spacial score (nSPS) is 11.1. The number of rotatable bonds is 8. The Morgan fingerprint density at radius 1 is 1.06 bits per heavy atom. The fourth-order valence-corrected chi connectivity index (χ4v) is 3.78. The third-order valence-electron chi connectivity index (χ3n) is 5.03. The molecule has 0 aliphatic rings. The fourth-order valence-electron chi connectivity index (χ4n) is 3.35. The molecule has 0 spiro atoms. The van der Waals surface area contributed by atoms with Gasteiger partial charge >= 0.3 is 5.97 Å². The number of carbonyl (C=O) groups excluding carboxylic acids is 1. The number of hydrogen-bond acceptors (Lipinski definition) is 7. The summed E-state index contributed by atoms with van der Waals surface area (Å²) < 4.78 is 17.8. The van der Waals surface area contributed by atoms with E-state index < -0.39 is 5.97 Å². The number of fused-ring (bicyclic) bond motifs is 1. The lowest BCUT2D eigenvalue weighted by Gasteiger charge is -2.13. The molecule has 1 heterocycles. The summed E-state index contributed by atoms with van der Waals surface area (Å²) in [5.41, 5.74) is 1.70. The minimum Gasteiger partial charge on any atom is -0.490 e. The molecule has 0 unspecified atom stereocenters. The third-order valence-corrected chi connectivity index (χ3v) is 5.72. The topological polar surface area (TPSA) is 92.0 Å². The molecule has 4 rings (SSSR count). The van der Waals surface area contributed by atoms with Crippen LogP contribution in [0.3, 0.4) is 0 Å². The van der Waals surface area contributed by atoms with E-state index in [1.54, 1.807) is 36.5 Å². The van der Waals surface area contributed by atoms with Crippen LogP contribution in [0.5, 0.6) is 11.5 Å². The van der Waals surface area contributed by atoms with Crippen LogP contribution in [0.15, 0.2) is 81.1 Å². The highest BCUT2D eigenvalue weighted by molar-refractivity contribution is 9.10. The Hall–Kier alpha value is -3.98. The van der Waals surface area contributed by atoms with Gasteiger partial charge in [0.25, 0.3) is 5.56 Å². The number of carbonyl (C=O) groups is 1. The first-order chi connectivity index (χ1) is 17.0. The van der Waals surface area contributed by atoms with Gasteiger partial charge in [-0.25, -0.2) is 9.78 Å².